The van der Waals surface area contributed by atoms with Crippen LogP contribution in [0.15, 0.2) is 18.2 Å². The summed E-state index contributed by atoms with van der Waals surface area (Å²) < 4.78 is 0. The van der Waals surface area contributed by atoms with Crippen molar-refractivity contribution in [3.05, 3.63) is 29.3 Å². The van der Waals surface area contributed by atoms with Crippen molar-refractivity contribution in [3.63, 3.8) is 0 Å². The highest BCUT2D eigenvalue weighted by molar-refractivity contribution is 5.97. The fourth-order valence-corrected chi connectivity index (χ4v) is 3.76. The molecule has 114 valence electrons. The van der Waals surface area contributed by atoms with E-state index >= 15 is 0 Å². The smallest absolute Gasteiger partial charge is 0.253 e. The normalized spacial score (nSPS) is 18.7. The maximum atomic E-state index is 12.8. The van der Waals surface area contributed by atoms with Crippen LogP contribution >= 0.6 is 0 Å². The van der Waals surface area contributed by atoms with Crippen LogP contribution in [-0.4, -0.2) is 30.9 Å². The zero-order chi connectivity index (χ0) is 14.7. The molecule has 1 saturated carbocycles. The second kappa shape index (κ2) is 6.50. The second-order valence-electron chi connectivity index (χ2n) is 6.55. The molecule has 0 unspecified atom stereocenters. The van der Waals surface area contributed by atoms with Crippen LogP contribution in [0.1, 0.15) is 54.4 Å². The van der Waals surface area contributed by atoms with E-state index in [1.807, 2.05) is 24.1 Å². The monoisotopic (exact) mass is 286 g/mol. The van der Waals surface area contributed by atoms with Crippen molar-refractivity contribution in [2.45, 2.75) is 44.9 Å². The predicted octanol–water partition coefficient (Wildman–Crippen LogP) is 3.70. The number of benzene rings is 1. The van der Waals surface area contributed by atoms with Gasteiger partial charge in [-0.1, -0.05) is 25.3 Å². The largest absolute Gasteiger partial charge is 0.385 e. The molecule has 3 heteroatoms. The lowest BCUT2D eigenvalue weighted by Crippen LogP contribution is -2.33. The third-order valence-electron chi connectivity index (χ3n) is 4.93. The third-order valence-corrected chi connectivity index (χ3v) is 4.93. The molecular formula is C18H26N2O. The van der Waals surface area contributed by atoms with Crippen molar-refractivity contribution >= 4 is 11.6 Å². The molecule has 1 aliphatic heterocycles. The fraction of sp³-hybridized carbons (Fsp3) is 0.611. The van der Waals surface area contributed by atoms with Gasteiger partial charge in [-0.2, -0.15) is 0 Å². The lowest BCUT2D eigenvalue weighted by Gasteiger charge is -2.28. The number of fused-ring (bicyclic) bond motifs is 1. The van der Waals surface area contributed by atoms with Crippen LogP contribution in [0.3, 0.4) is 0 Å². The summed E-state index contributed by atoms with van der Waals surface area (Å²) in [5.74, 6) is 0.895. The molecule has 2 aliphatic rings. The van der Waals surface area contributed by atoms with Gasteiger partial charge in [0.05, 0.1) is 0 Å². The Hall–Kier alpha value is -1.51. The minimum Gasteiger partial charge on any atom is -0.385 e. The van der Waals surface area contributed by atoms with Crippen molar-refractivity contribution in [1.29, 1.82) is 0 Å². The first-order chi connectivity index (χ1) is 10.3. The third kappa shape index (κ3) is 3.22. The lowest BCUT2D eigenvalue weighted by atomic mass is 9.88. The van der Waals surface area contributed by atoms with Gasteiger partial charge in [0, 0.05) is 31.4 Å². The highest BCUT2D eigenvalue weighted by Gasteiger charge is 2.22. The highest BCUT2D eigenvalue weighted by atomic mass is 16.2. The van der Waals surface area contributed by atoms with Gasteiger partial charge in [0.25, 0.3) is 5.91 Å². The Morgan fingerprint density at radius 1 is 1.24 bits per heavy atom. The first-order valence-electron chi connectivity index (χ1n) is 8.37. The number of carbonyl (C=O) groups excluding carboxylic acids is 1. The van der Waals surface area contributed by atoms with Crippen molar-refractivity contribution in [3.8, 4) is 0 Å². The van der Waals surface area contributed by atoms with E-state index in [0.29, 0.717) is 5.92 Å². The Kier molecular flexibility index (Phi) is 4.47. The number of nitrogens with zero attached hydrogens (tertiary/aromatic N) is 1. The van der Waals surface area contributed by atoms with Crippen LogP contribution in [0.5, 0.6) is 0 Å². The van der Waals surface area contributed by atoms with Gasteiger partial charge in [-0.3, -0.25) is 4.79 Å². The maximum absolute atomic E-state index is 12.8. The molecule has 1 heterocycles. The van der Waals surface area contributed by atoms with E-state index < -0.39 is 0 Å². The average molecular weight is 286 g/mol. The van der Waals surface area contributed by atoms with Gasteiger partial charge in [0.15, 0.2) is 0 Å². The summed E-state index contributed by atoms with van der Waals surface area (Å²) in [5, 5.41) is 3.41. The van der Waals surface area contributed by atoms with Gasteiger partial charge in [-0.05, 0) is 49.3 Å². The van der Waals surface area contributed by atoms with Crippen LogP contribution < -0.4 is 5.32 Å². The van der Waals surface area contributed by atoms with E-state index in [9.17, 15) is 4.79 Å². The summed E-state index contributed by atoms with van der Waals surface area (Å²) in [6, 6.07) is 6.08. The van der Waals surface area contributed by atoms with Gasteiger partial charge < -0.3 is 10.2 Å². The summed E-state index contributed by atoms with van der Waals surface area (Å²) >= 11 is 0. The fourth-order valence-electron chi connectivity index (χ4n) is 3.76. The number of nitrogens with one attached hydrogen (secondary N) is 1. The van der Waals surface area contributed by atoms with Crippen LogP contribution in [0.2, 0.25) is 0 Å². The lowest BCUT2D eigenvalue weighted by molar-refractivity contribution is 0.0759. The van der Waals surface area contributed by atoms with Crippen molar-refractivity contribution in [2.75, 3.05) is 25.5 Å². The summed E-state index contributed by atoms with van der Waals surface area (Å²) in [6.07, 6.45) is 8.73. The first kappa shape index (κ1) is 14.4. The van der Waals surface area contributed by atoms with E-state index in [1.54, 1.807) is 0 Å². The van der Waals surface area contributed by atoms with E-state index in [0.717, 1.165) is 37.2 Å². The molecule has 1 aromatic rings. The van der Waals surface area contributed by atoms with Crippen LogP contribution in [0.25, 0.3) is 0 Å². The molecule has 1 fully saturated rings. The van der Waals surface area contributed by atoms with Gasteiger partial charge in [-0.15, -0.1) is 0 Å². The summed E-state index contributed by atoms with van der Waals surface area (Å²) in [7, 11) is 1.96. The Balaban J connectivity index is 1.72. The van der Waals surface area contributed by atoms with Gasteiger partial charge >= 0.3 is 0 Å². The summed E-state index contributed by atoms with van der Waals surface area (Å²) in [6.45, 7) is 1.93. The molecule has 0 spiro atoms. The molecular weight excluding hydrogens is 260 g/mol. The van der Waals surface area contributed by atoms with E-state index in [1.165, 1.54) is 37.7 Å². The molecule has 1 N–H and O–H groups in total. The Morgan fingerprint density at radius 3 is 2.86 bits per heavy atom. The molecule has 0 bridgehead atoms. The van der Waals surface area contributed by atoms with Crippen molar-refractivity contribution in [2.24, 2.45) is 5.92 Å². The molecule has 0 atom stereocenters. The van der Waals surface area contributed by atoms with Crippen LogP contribution in [-0.2, 0) is 6.42 Å². The zero-order valence-electron chi connectivity index (χ0n) is 13.0. The second-order valence-corrected chi connectivity index (χ2v) is 6.55. The van der Waals surface area contributed by atoms with E-state index in [2.05, 4.69) is 11.4 Å². The molecule has 21 heavy (non-hydrogen) atoms. The standard InChI is InChI=1S/C18H26N2O/c1-20(13-14-7-3-2-4-8-14)18(21)16-9-5-11-17-15(16)10-6-12-19-17/h5,9,11,14,19H,2-4,6-8,10,12-13H2,1H3. The highest BCUT2D eigenvalue weighted by Crippen LogP contribution is 2.28. The first-order valence-corrected chi connectivity index (χ1v) is 8.37. The number of rotatable bonds is 3. The van der Waals surface area contributed by atoms with Crippen molar-refractivity contribution < 1.29 is 4.79 Å². The van der Waals surface area contributed by atoms with Gasteiger partial charge in [0.2, 0.25) is 0 Å². The average Bonchev–Trinajstić information content (AvgIpc) is 2.54. The minimum atomic E-state index is 0.195. The number of hydrogen-bond acceptors (Lipinski definition) is 2. The molecule has 3 nitrogen and oxygen atoms in total. The molecule has 0 saturated heterocycles. The van der Waals surface area contributed by atoms with Crippen LogP contribution in [0.4, 0.5) is 5.69 Å². The molecule has 1 aliphatic carbocycles. The Morgan fingerprint density at radius 2 is 2.05 bits per heavy atom. The Labute approximate surface area is 127 Å². The summed E-state index contributed by atoms with van der Waals surface area (Å²) in [5.41, 5.74) is 3.26. The van der Waals surface area contributed by atoms with Crippen LogP contribution in [0, 0.1) is 5.92 Å². The van der Waals surface area contributed by atoms with E-state index in [4.69, 9.17) is 0 Å². The van der Waals surface area contributed by atoms with Crippen molar-refractivity contribution in [1.82, 2.24) is 4.90 Å². The summed E-state index contributed by atoms with van der Waals surface area (Å²) in [4.78, 5) is 14.7. The van der Waals surface area contributed by atoms with Gasteiger partial charge in [-0.25, -0.2) is 0 Å². The SMILES string of the molecule is CN(CC1CCCCC1)C(=O)c1cccc2c1CCCN2. The Bertz CT molecular complexity index is 506. The maximum Gasteiger partial charge on any atom is 0.253 e. The molecule has 1 aromatic carbocycles. The zero-order valence-corrected chi connectivity index (χ0v) is 13.0. The predicted molar refractivity (Wildman–Crippen MR) is 86.8 cm³/mol. The number of hydrogen-bond donors (Lipinski definition) is 1. The molecule has 0 radical (unpaired) electrons. The number of anilines is 1. The van der Waals surface area contributed by atoms with E-state index in [-0.39, 0.29) is 5.91 Å². The molecule has 1 amide bonds. The minimum absolute atomic E-state index is 0.195. The topological polar surface area (TPSA) is 32.3 Å². The number of amides is 1. The molecule has 0 aromatic heterocycles. The number of carbonyl (C=O) groups is 1. The van der Waals surface area contributed by atoms with Gasteiger partial charge in [0.1, 0.15) is 0 Å². The molecule has 3 rings (SSSR count). The quantitative estimate of drug-likeness (QED) is 0.919.